The van der Waals surface area contributed by atoms with Crippen LogP contribution in [0.5, 0.6) is 0 Å². The predicted molar refractivity (Wildman–Crippen MR) is 79.5 cm³/mol. The van der Waals surface area contributed by atoms with Crippen molar-refractivity contribution in [2.75, 3.05) is 0 Å². The van der Waals surface area contributed by atoms with Gasteiger partial charge in [0.25, 0.3) is 5.91 Å². The maximum absolute atomic E-state index is 12.4. The molecule has 0 aliphatic heterocycles. The molecule has 0 atom stereocenters. The topological polar surface area (TPSA) is 29.1 Å². The molecule has 1 amide bonds. The lowest BCUT2D eigenvalue weighted by molar-refractivity contribution is 0.0922. The van der Waals surface area contributed by atoms with Gasteiger partial charge in [-0.15, -0.1) is 0 Å². The highest BCUT2D eigenvalue weighted by atomic mass is 16.1. The summed E-state index contributed by atoms with van der Waals surface area (Å²) < 4.78 is 0. The van der Waals surface area contributed by atoms with E-state index in [1.807, 2.05) is 13.8 Å². The fourth-order valence-electron chi connectivity index (χ4n) is 3.20. The third-order valence-electron chi connectivity index (χ3n) is 4.26. The summed E-state index contributed by atoms with van der Waals surface area (Å²) in [6.07, 6.45) is 4.71. The van der Waals surface area contributed by atoms with E-state index >= 15 is 0 Å². The van der Waals surface area contributed by atoms with Gasteiger partial charge in [-0.2, -0.15) is 0 Å². The zero-order chi connectivity index (χ0) is 14.0. The minimum atomic E-state index is 0.106. The standard InChI is InChI=1S/C17H25NO/c1-11-5-7-15(8-6-11)18-17(19)16-13(3)9-12(2)10-14(16)4/h9-11,15H,5-8H2,1-4H3,(H,18,19). The van der Waals surface area contributed by atoms with Gasteiger partial charge in [-0.25, -0.2) is 0 Å². The Kier molecular flexibility index (Phi) is 4.28. The molecule has 1 aromatic carbocycles. The molecule has 104 valence electrons. The van der Waals surface area contributed by atoms with Gasteiger partial charge < -0.3 is 5.32 Å². The Morgan fingerprint density at radius 2 is 1.58 bits per heavy atom. The highest BCUT2D eigenvalue weighted by Gasteiger charge is 2.21. The van der Waals surface area contributed by atoms with Crippen LogP contribution in [-0.4, -0.2) is 11.9 Å². The molecule has 0 heterocycles. The summed E-state index contributed by atoms with van der Waals surface area (Å²) in [6, 6.07) is 4.54. The van der Waals surface area contributed by atoms with Gasteiger partial charge in [0.15, 0.2) is 0 Å². The number of carbonyl (C=O) groups is 1. The molecule has 0 radical (unpaired) electrons. The first kappa shape index (κ1) is 14.1. The Labute approximate surface area is 116 Å². The molecule has 1 aliphatic carbocycles. The van der Waals surface area contributed by atoms with Gasteiger partial charge in [0.05, 0.1) is 0 Å². The molecule has 0 bridgehead atoms. The Hall–Kier alpha value is -1.31. The van der Waals surface area contributed by atoms with E-state index in [1.165, 1.54) is 18.4 Å². The van der Waals surface area contributed by atoms with Crippen LogP contribution in [0.4, 0.5) is 0 Å². The predicted octanol–water partition coefficient (Wildman–Crippen LogP) is 3.92. The molecule has 2 rings (SSSR count). The summed E-state index contributed by atoms with van der Waals surface area (Å²) in [5.41, 5.74) is 4.25. The Morgan fingerprint density at radius 3 is 2.11 bits per heavy atom. The van der Waals surface area contributed by atoms with E-state index in [2.05, 4.69) is 31.3 Å². The summed E-state index contributed by atoms with van der Waals surface area (Å²) >= 11 is 0. The second-order valence-corrected chi connectivity index (χ2v) is 6.20. The summed E-state index contributed by atoms with van der Waals surface area (Å²) in [5.74, 6) is 0.922. The summed E-state index contributed by atoms with van der Waals surface area (Å²) in [7, 11) is 0. The van der Waals surface area contributed by atoms with Gasteiger partial charge in [-0.05, 0) is 63.5 Å². The zero-order valence-electron chi connectivity index (χ0n) is 12.5. The third kappa shape index (κ3) is 3.37. The molecule has 1 aliphatic rings. The van der Waals surface area contributed by atoms with Gasteiger partial charge in [0, 0.05) is 11.6 Å². The Morgan fingerprint density at radius 1 is 1.05 bits per heavy atom. The van der Waals surface area contributed by atoms with Crippen LogP contribution >= 0.6 is 0 Å². The average molecular weight is 259 g/mol. The van der Waals surface area contributed by atoms with E-state index < -0.39 is 0 Å². The lowest BCUT2D eigenvalue weighted by Crippen LogP contribution is -2.38. The Bertz CT molecular complexity index is 447. The second-order valence-electron chi connectivity index (χ2n) is 6.20. The molecule has 1 saturated carbocycles. The molecule has 1 fully saturated rings. The van der Waals surface area contributed by atoms with Crippen LogP contribution in [0.15, 0.2) is 12.1 Å². The lowest BCUT2D eigenvalue weighted by atomic mass is 9.87. The van der Waals surface area contributed by atoms with Gasteiger partial charge in [-0.1, -0.05) is 24.6 Å². The molecule has 1 aromatic rings. The fraction of sp³-hybridized carbons (Fsp3) is 0.588. The SMILES string of the molecule is Cc1cc(C)c(C(=O)NC2CCC(C)CC2)c(C)c1. The molecule has 0 unspecified atom stereocenters. The van der Waals surface area contributed by atoms with Crippen molar-refractivity contribution in [1.82, 2.24) is 5.32 Å². The van der Waals surface area contributed by atoms with Crippen LogP contribution < -0.4 is 5.32 Å². The Balaban J connectivity index is 2.08. The number of amides is 1. The van der Waals surface area contributed by atoms with Gasteiger partial charge in [-0.3, -0.25) is 4.79 Å². The van der Waals surface area contributed by atoms with Crippen LogP contribution in [-0.2, 0) is 0 Å². The first-order valence-corrected chi connectivity index (χ1v) is 7.36. The van der Waals surface area contributed by atoms with E-state index in [0.29, 0.717) is 6.04 Å². The smallest absolute Gasteiger partial charge is 0.252 e. The van der Waals surface area contributed by atoms with E-state index in [-0.39, 0.29) is 5.91 Å². The summed E-state index contributed by atoms with van der Waals surface area (Å²) in [5, 5.41) is 3.22. The number of aryl methyl sites for hydroxylation is 3. The molecule has 0 spiro atoms. The van der Waals surface area contributed by atoms with Crippen molar-refractivity contribution in [2.24, 2.45) is 5.92 Å². The second kappa shape index (κ2) is 5.77. The van der Waals surface area contributed by atoms with Crippen molar-refractivity contribution >= 4 is 5.91 Å². The van der Waals surface area contributed by atoms with E-state index in [9.17, 15) is 4.79 Å². The quantitative estimate of drug-likeness (QED) is 0.857. The first-order valence-electron chi connectivity index (χ1n) is 7.36. The van der Waals surface area contributed by atoms with Crippen molar-refractivity contribution < 1.29 is 4.79 Å². The maximum Gasteiger partial charge on any atom is 0.252 e. The molecule has 0 saturated heterocycles. The maximum atomic E-state index is 12.4. The van der Waals surface area contributed by atoms with Crippen molar-refractivity contribution in [3.63, 3.8) is 0 Å². The van der Waals surface area contributed by atoms with Gasteiger partial charge in [0.1, 0.15) is 0 Å². The molecule has 2 nitrogen and oxygen atoms in total. The van der Waals surface area contributed by atoms with Crippen LogP contribution in [0.3, 0.4) is 0 Å². The molecule has 0 aromatic heterocycles. The minimum absolute atomic E-state index is 0.106. The van der Waals surface area contributed by atoms with Gasteiger partial charge in [0.2, 0.25) is 0 Å². The van der Waals surface area contributed by atoms with Gasteiger partial charge >= 0.3 is 0 Å². The van der Waals surface area contributed by atoms with Crippen molar-refractivity contribution in [3.05, 3.63) is 34.4 Å². The van der Waals surface area contributed by atoms with E-state index in [4.69, 9.17) is 0 Å². The summed E-state index contributed by atoms with van der Waals surface area (Å²) in [6.45, 7) is 8.42. The molecule has 2 heteroatoms. The number of rotatable bonds is 2. The van der Waals surface area contributed by atoms with Crippen LogP contribution in [0.2, 0.25) is 0 Å². The van der Waals surface area contributed by atoms with Crippen LogP contribution in [0, 0.1) is 26.7 Å². The monoisotopic (exact) mass is 259 g/mol. The number of hydrogen-bond acceptors (Lipinski definition) is 1. The van der Waals surface area contributed by atoms with Crippen molar-refractivity contribution in [1.29, 1.82) is 0 Å². The number of nitrogens with one attached hydrogen (secondary N) is 1. The lowest BCUT2D eigenvalue weighted by Gasteiger charge is -2.27. The van der Waals surface area contributed by atoms with Crippen molar-refractivity contribution in [2.45, 2.75) is 59.4 Å². The number of carbonyl (C=O) groups excluding carboxylic acids is 1. The highest BCUT2D eigenvalue weighted by Crippen LogP contribution is 2.24. The van der Waals surface area contributed by atoms with Crippen LogP contribution in [0.25, 0.3) is 0 Å². The molecule has 19 heavy (non-hydrogen) atoms. The largest absolute Gasteiger partial charge is 0.349 e. The zero-order valence-corrected chi connectivity index (χ0v) is 12.5. The van der Waals surface area contributed by atoms with Crippen molar-refractivity contribution in [3.8, 4) is 0 Å². The van der Waals surface area contributed by atoms with E-state index in [0.717, 1.165) is 35.4 Å². The molecule has 1 N–H and O–H groups in total. The molecular weight excluding hydrogens is 234 g/mol. The van der Waals surface area contributed by atoms with Crippen LogP contribution in [0.1, 0.15) is 59.7 Å². The minimum Gasteiger partial charge on any atom is -0.349 e. The third-order valence-corrected chi connectivity index (χ3v) is 4.26. The number of benzene rings is 1. The normalized spacial score (nSPS) is 23.2. The fourth-order valence-corrected chi connectivity index (χ4v) is 3.20. The van der Waals surface area contributed by atoms with E-state index in [1.54, 1.807) is 0 Å². The average Bonchev–Trinajstić information content (AvgIpc) is 2.30. The molecular formula is C17H25NO. The summed E-state index contributed by atoms with van der Waals surface area (Å²) in [4.78, 5) is 12.4. The first-order chi connectivity index (χ1) is 8.97. The highest BCUT2D eigenvalue weighted by molar-refractivity contribution is 5.97. The number of hydrogen-bond donors (Lipinski definition) is 1.